The Morgan fingerprint density at radius 1 is 1.46 bits per heavy atom. The molecule has 0 aromatic carbocycles. The van der Waals surface area contributed by atoms with E-state index in [0.29, 0.717) is 6.42 Å². The van der Waals surface area contributed by atoms with Gasteiger partial charge in [0.1, 0.15) is 4.75 Å². The van der Waals surface area contributed by atoms with Crippen molar-refractivity contribution in [2.75, 3.05) is 0 Å². The Balaban J connectivity index is 2.69. The van der Waals surface area contributed by atoms with E-state index in [4.69, 9.17) is 5.14 Å². The fraction of sp³-hybridized carbons (Fsp3) is 0.444. The SMILES string of the molecule is CC(C)(Cc1ccncc1)[S+](N)[O-]. The number of pyridine rings is 1. The van der Waals surface area contributed by atoms with Gasteiger partial charge in [-0.25, -0.2) is 0 Å². The van der Waals surface area contributed by atoms with Gasteiger partial charge in [-0.3, -0.25) is 4.98 Å². The third-order valence-electron chi connectivity index (χ3n) is 1.92. The van der Waals surface area contributed by atoms with E-state index < -0.39 is 11.4 Å². The van der Waals surface area contributed by atoms with Crippen LogP contribution in [0.2, 0.25) is 0 Å². The Hall–Kier alpha value is -0.580. The highest BCUT2D eigenvalue weighted by Gasteiger charge is 2.29. The predicted molar refractivity (Wildman–Crippen MR) is 54.3 cm³/mol. The molecule has 0 aliphatic rings. The number of hydrogen-bond acceptors (Lipinski definition) is 3. The molecule has 0 bridgehead atoms. The summed E-state index contributed by atoms with van der Waals surface area (Å²) in [6, 6.07) is 3.82. The van der Waals surface area contributed by atoms with Gasteiger partial charge in [0, 0.05) is 30.2 Å². The highest BCUT2D eigenvalue weighted by atomic mass is 32.2. The number of nitrogens with zero attached hydrogens (tertiary/aromatic N) is 1. The summed E-state index contributed by atoms with van der Waals surface area (Å²) in [5, 5.41) is 5.37. The van der Waals surface area contributed by atoms with Crippen molar-refractivity contribution in [1.82, 2.24) is 4.98 Å². The molecule has 0 amide bonds. The molecule has 13 heavy (non-hydrogen) atoms. The van der Waals surface area contributed by atoms with Crippen LogP contribution in [-0.4, -0.2) is 14.3 Å². The lowest BCUT2D eigenvalue weighted by molar-refractivity contribution is 0.545. The van der Waals surface area contributed by atoms with Crippen LogP contribution in [0.25, 0.3) is 0 Å². The first-order valence-corrected chi connectivity index (χ1v) is 5.29. The van der Waals surface area contributed by atoms with Crippen LogP contribution in [0.4, 0.5) is 0 Å². The van der Waals surface area contributed by atoms with Gasteiger partial charge in [-0.15, -0.1) is 0 Å². The molecular weight excluding hydrogens is 184 g/mol. The van der Waals surface area contributed by atoms with Gasteiger partial charge in [-0.1, -0.05) is 0 Å². The molecule has 0 saturated carbocycles. The van der Waals surface area contributed by atoms with E-state index in [1.54, 1.807) is 12.4 Å². The molecule has 3 nitrogen and oxygen atoms in total. The molecule has 0 aliphatic heterocycles. The van der Waals surface area contributed by atoms with Crippen molar-refractivity contribution in [2.24, 2.45) is 5.14 Å². The van der Waals surface area contributed by atoms with E-state index >= 15 is 0 Å². The summed E-state index contributed by atoms with van der Waals surface area (Å²) in [6.45, 7) is 3.78. The van der Waals surface area contributed by atoms with Crippen LogP contribution < -0.4 is 5.14 Å². The average Bonchev–Trinajstić information content (AvgIpc) is 2.05. The summed E-state index contributed by atoms with van der Waals surface area (Å²) in [5.74, 6) is 0. The van der Waals surface area contributed by atoms with Gasteiger partial charge >= 0.3 is 0 Å². The van der Waals surface area contributed by atoms with E-state index in [2.05, 4.69) is 4.98 Å². The molecule has 72 valence electrons. The highest BCUT2D eigenvalue weighted by Crippen LogP contribution is 2.18. The van der Waals surface area contributed by atoms with E-state index in [1.807, 2.05) is 26.0 Å². The predicted octanol–water partition coefficient (Wildman–Crippen LogP) is 1.03. The Labute approximate surface area is 81.7 Å². The Morgan fingerprint density at radius 2 is 2.00 bits per heavy atom. The second-order valence-corrected chi connectivity index (χ2v) is 5.29. The van der Waals surface area contributed by atoms with E-state index in [-0.39, 0.29) is 4.75 Å². The standard InChI is InChI=1S/C9H14N2OS/c1-9(2,13(10)12)7-8-3-5-11-6-4-8/h3-6H,7,10H2,1-2H3. The van der Waals surface area contributed by atoms with Crippen molar-refractivity contribution >= 4 is 11.4 Å². The van der Waals surface area contributed by atoms with Crippen LogP contribution in [0.1, 0.15) is 19.4 Å². The summed E-state index contributed by atoms with van der Waals surface area (Å²) < 4.78 is 10.8. The minimum absolute atomic E-state index is 0.374. The molecule has 0 fully saturated rings. The number of rotatable bonds is 3. The lowest BCUT2D eigenvalue weighted by atomic mass is 10.0. The van der Waals surface area contributed by atoms with Gasteiger partial charge in [0.05, 0.1) is 0 Å². The summed E-state index contributed by atoms with van der Waals surface area (Å²) >= 11 is -1.30. The maximum Gasteiger partial charge on any atom is 0.143 e. The largest absolute Gasteiger partial charge is 0.598 e. The Morgan fingerprint density at radius 3 is 2.46 bits per heavy atom. The topological polar surface area (TPSA) is 62.0 Å². The number of hydrogen-bond donors (Lipinski definition) is 1. The first kappa shape index (κ1) is 10.5. The first-order valence-electron chi connectivity index (χ1n) is 4.07. The minimum Gasteiger partial charge on any atom is -0.598 e. The maximum atomic E-state index is 11.1. The third kappa shape index (κ3) is 2.99. The molecule has 0 spiro atoms. The van der Waals surface area contributed by atoms with Crippen molar-refractivity contribution in [3.05, 3.63) is 30.1 Å². The summed E-state index contributed by atoms with van der Waals surface area (Å²) in [5.41, 5.74) is 1.11. The van der Waals surface area contributed by atoms with Crippen LogP contribution in [0.15, 0.2) is 24.5 Å². The summed E-state index contributed by atoms with van der Waals surface area (Å²) in [6.07, 6.45) is 4.16. The lowest BCUT2D eigenvalue weighted by Gasteiger charge is -2.23. The molecule has 2 N–H and O–H groups in total. The molecule has 4 heteroatoms. The fourth-order valence-corrected chi connectivity index (χ4v) is 1.37. The van der Waals surface area contributed by atoms with Crippen molar-refractivity contribution in [3.8, 4) is 0 Å². The van der Waals surface area contributed by atoms with Crippen LogP contribution in [0.5, 0.6) is 0 Å². The minimum atomic E-state index is -1.30. The lowest BCUT2D eigenvalue weighted by Crippen LogP contribution is -2.39. The van der Waals surface area contributed by atoms with Crippen LogP contribution in [0.3, 0.4) is 0 Å². The van der Waals surface area contributed by atoms with Crippen LogP contribution in [-0.2, 0) is 17.8 Å². The monoisotopic (exact) mass is 198 g/mol. The van der Waals surface area contributed by atoms with Crippen molar-refractivity contribution in [2.45, 2.75) is 25.0 Å². The molecule has 1 aromatic heterocycles. The van der Waals surface area contributed by atoms with Gasteiger partial charge < -0.3 is 4.55 Å². The van der Waals surface area contributed by atoms with E-state index in [1.165, 1.54) is 0 Å². The average molecular weight is 198 g/mol. The molecule has 1 aromatic rings. The number of aromatic nitrogens is 1. The molecule has 0 radical (unpaired) electrons. The molecule has 1 heterocycles. The van der Waals surface area contributed by atoms with E-state index in [9.17, 15) is 4.55 Å². The van der Waals surface area contributed by atoms with Gasteiger partial charge in [0.2, 0.25) is 0 Å². The molecule has 0 aliphatic carbocycles. The fourth-order valence-electron chi connectivity index (χ4n) is 1.06. The highest BCUT2D eigenvalue weighted by molar-refractivity contribution is 7.90. The van der Waals surface area contributed by atoms with Gasteiger partial charge in [0.15, 0.2) is 0 Å². The van der Waals surface area contributed by atoms with Crippen LogP contribution in [0, 0.1) is 0 Å². The van der Waals surface area contributed by atoms with E-state index in [0.717, 1.165) is 5.56 Å². The zero-order chi connectivity index (χ0) is 9.90. The Kier molecular flexibility index (Phi) is 3.30. The zero-order valence-corrected chi connectivity index (χ0v) is 8.67. The zero-order valence-electron chi connectivity index (χ0n) is 7.86. The van der Waals surface area contributed by atoms with Crippen molar-refractivity contribution < 1.29 is 4.55 Å². The first-order chi connectivity index (χ1) is 6.02. The molecule has 1 rings (SSSR count). The van der Waals surface area contributed by atoms with Crippen molar-refractivity contribution in [1.29, 1.82) is 0 Å². The Bertz CT molecular complexity index is 262. The molecule has 1 unspecified atom stereocenters. The number of nitrogens with two attached hydrogens (primary N) is 1. The molecule has 1 atom stereocenters. The van der Waals surface area contributed by atoms with Gasteiger partial charge in [0.25, 0.3) is 0 Å². The normalized spacial score (nSPS) is 14.2. The quantitative estimate of drug-likeness (QED) is 0.738. The van der Waals surface area contributed by atoms with Crippen LogP contribution >= 0.6 is 0 Å². The summed E-state index contributed by atoms with van der Waals surface area (Å²) in [4.78, 5) is 3.91. The molecular formula is C9H14N2OS. The van der Waals surface area contributed by atoms with Crippen molar-refractivity contribution in [3.63, 3.8) is 0 Å². The van der Waals surface area contributed by atoms with Gasteiger partial charge in [-0.05, 0) is 31.5 Å². The second-order valence-electron chi connectivity index (χ2n) is 3.59. The molecule has 0 saturated heterocycles. The summed E-state index contributed by atoms with van der Waals surface area (Å²) in [7, 11) is 0. The smallest absolute Gasteiger partial charge is 0.143 e. The third-order valence-corrected chi connectivity index (χ3v) is 3.16. The second kappa shape index (κ2) is 4.09. The maximum absolute atomic E-state index is 11.1. The van der Waals surface area contributed by atoms with Gasteiger partial charge in [-0.2, -0.15) is 5.14 Å².